The molecule has 1 saturated heterocycles. The first kappa shape index (κ1) is 18.4. The number of hydrogen-bond acceptors (Lipinski definition) is 5. The highest BCUT2D eigenvalue weighted by Crippen LogP contribution is 2.25. The van der Waals surface area contributed by atoms with Gasteiger partial charge in [0.1, 0.15) is 11.7 Å². The second-order valence-electron chi connectivity index (χ2n) is 6.57. The van der Waals surface area contributed by atoms with Crippen molar-refractivity contribution in [1.82, 2.24) is 14.7 Å². The SMILES string of the molecule is Cc1c(C(=O)O)cnn1-c1ccc(C(=O)N2CCOC(c3ccsc3)C2)cc1. The Kier molecular flexibility index (Phi) is 4.97. The summed E-state index contributed by atoms with van der Waals surface area (Å²) in [6, 6.07) is 9.06. The second kappa shape index (κ2) is 7.57. The molecule has 1 unspecified atom stereocenters. The molecular weight excluding hydrogens is 378 g/mol. The lowest BCUT2D eigenvalue weighted by Crippen LogP contribution is -2.42. The van der Waals surface area contributed by atoms with Crippen molar-refractivity contribution in [2.75, 3.05) is 19.7 Å². The molecule has 3 heterocycles. The number of hydrogen-bond donors (Lipinski definition) is 1. The summed E-state index contributed by atoms with van der Waals surface area (Å²) < 4.78 is 7.36. The van der Waals surface area contributed by atoms with E-state index in [0.29, 0.717) is 36.6 Å². The van der Waals surface area contributed by atoms with E-state index in [1.165, 1.54) is 6.20 Å². The van der Waals surface area contributed by atoms with Gasteiger partial charge in [0, 0.05) is 12.1 Å². The molecule has 2 aromatic heterocycles. The zero-order valence-electron chi connectivity index (χ0n) is 15.2. The van der Waals surface area contributed by atoms with Crippen LogP contribution in [0.2, 0.25) is 0 Å². The van der Waals surface area contributed by atoms with Gasteiger partial charge in [0.15, 0.2) is 0 Å². The van der Waals surface area contributed by atoms with Gasteiger partial charge in [0.25, 0.3) is 5.91 Å². The Balaban J connectivity index is 1.50. The van der Waals surface area contributed by atoms with Crippen molar-refractivity contribution >= 4 is 23.2 Å². The summed E-state index contributed by atoms with van der Waals surface area (Å²) in [5.74, 6) is -1.05. The summed E-state index contributed by atoms with van der Waals surface area (Å²) in [6.45, 7) is 3.29. The summed E-state index contributed by atoms with van der Waals surface area (Å²) in [5, 5.41) is 17.4. The van der Waals surface area contributed by atoms with Gasteiger partial charge in [-0.15, -0.1) is 0 Å². The average Bonchev–Trinajstić information content (AvgIpc) is 3.38. The normalized spacial score (nSPS) is 16.9. The molecule has 1 fully saturated rings. The van der Waals surface area contributed by atoms with Crippen LogP contribution in [0.25, 0.3) is 5.69 Å². The minimum Gasteiger partial charge on any atom is -0.478 e. The van der Waals surface area contributed by atoms with Crippen molar-refractivity contribution in [3.8, 4) is 5.69 Å². The molecule has 1 aliphatic heterocycles. The maximum atomic E-state index is 12.9. The Morgan fingerprint density at radius 3 is 2.68 bits per heavy atom. The quantitative estimate of drug-likeness (QED) is 0.731. The number of thiophene rings is 1. The molecule has 1 amide bonds. The van der Waals surface area contributed by atoms with Crippen LogP contribution in [0.4, 0.5) is 0 Å². The van der Waals surface area contributed by atoms with Gasteiger partial charge in [-0.25, -0.2) is 9.48 Å². The van der Waals surface area contributed by atoms with E-state index >= 15 is 0 Å². The van der Waals surface area contributed by atoms with E-state index in [-0.39, 0.29) is 17.6 Å². The highest BCUT2D eigenvalue weighted by Gasteiger charge is 2.26. The molecule has 1 atom stereocenters. The smallest absolute Gasteiger partial charge is 0.339 e. The molecule has 0 spiro atoms. The number of aromatic carboxylic acids is 1. The number of rotatable bonds is 4. The first-order valence-electron chi connectivity index (χ1n) is 8.86. The zero-order chi connectivity index (χ0) is 19.7. The molecule has 1 aliphatic rings. The fraction of sp³-hybridized carbons (Fsp3) is 0.250. The number of carboxylic acids is 1. The number of ether oxygens (including phenoxy) is 1. The van der Waals surface area contributed by atoms with Gasteiger partial charge in [0.2, 0.25) is 0 Å². The number of benzene rings is 1. The molecule has 0 radical (unpaired) electrons. The van der Waals surface area contributed by atoms with Crippen LogP contribution in [0, 0.1) is 6.92 Å². The number of carbonyl (C=O) groups is 2. The highest BCUT2D eigenvalue weighted by molar-refractivity contribution is 7.07. The molecule has 1 aromatic carbocycles. The molecule has 8 heteroatoms. The van der Waals surface area contributed by atoms with Crippen LogP contribution in [-0.2, 0) is 4.74 Å². The van der Waals surface area contributed by atoms with E-state index in [0.717, 1.165) is 5.56 Å². The van der Waals surface area contributed by atoms with Crippen LogP contribution >= 0.6 is 11.3 Å². The highest BCUT2D eigenvalue weighted by atomic mass is 32.1. The summed E-state index contributed by atoms with van der Waals surface area (Å²) in [6.07, 6.45) is 1.24. The van der Waals surface area contributed by atoms with E-state index in [9.17, 15) is 9.59 Å². The largest absolute Gasteiger partial charge is 0.478 e. The molecule has 4 rings (SSSR count). The fourth-order valence-corrected chi connectivity index (χ4v) is 4.00. The van der Waals surface area contributed by atoms with Gasteiger partial charge in [-0.2, -0.15) is 16.4 Å². The standard InChI is InChI=1S/C20H19N3O4S/c1-13-17(20(25)26)10-21-23(13)16-4-2-14(3-5-16)19(24)22-7-8-27-18(11-22)15-6-9-28-12-15/h2-6,9-10,12,18H,7-8,11H2,1H3,(H,25,26). The number of nitrogens with zero attached hydrogens (tertiary/aromatic N) is 3. The van der Waals surface area contributed by atoms with Crippen molar-refractivity contribution < 1.29 is 19.4 Å². The molecular formula is C20H19N3O4S. The van der Waals surface area contributed by atoms with Crippen LogP contribution in [0.5, 0.6) is 0 Å². The van der Waals surface area contributed by atoms with E-state index in [1.807, 2.05) is 21.7 Å². The first-order valence-corrected chi connectivity index (χ1v) is 9.80. The monoisotopic (exact) mass is 397 g/mol. The predicted octanol–water partition coefficient (Wildman–Crippen LogP) is 3.15. The number of amides is 1. The predicted molar refractivity (Wildman–Crippen MR) is 104 cm³/mol. The summed E-state index contributed by atoms with van der Waals surface area (Å²) >= 11 is 1.61. The second-order valence-corrected chi connectivity index (χ2v) is 7.35. The fourth-order valence-electron chi connectivity index (χ4n) is 3.30. The van der Waals surface area contributed by atoms with Gasteiger partial charge in [0.05, 0.1) is 30.7 Å². The molecule has 0 saturated carbocycles. The van der Waals surface area contributed by atoms with Crippen LogP contribution in [-0.4, -0.2) is 51.4 Å². The van der Waals surface area contributed by atoms with Gasteiger partial charge in [-0.1, -0.05) is 0 Å². The van der Waals surface area contributed by atoms with Crippen LogP contribution < -0.4 is 0 Å². The van der Waals surface area contributed by atoms with Gasteiger partial charge in [-0.3, -0.25) is 4.79 Å². The Labute approximate surface area is 165 Å². The van der Waals surface area contributed by atoms with Gasteiger partial charge in [-0.05, 0) is 53.6 Å². The molecule has 144 valence electrons. The number of carbonyl (C=O) groups excluding carboxylic acids is 1. The van der Waals surface area contributed by atoms with E-state index < -0.39 is 5.97 Å². The lowest BCUT2D eigenvalue weighted by molar-refractivity contribution is -0.0226. The Morgan fingerprint density at radius 2 is 2.04 bits per heavy atom. The van der Waals surface area contributed by atoms with Gasteiger partial charge < -0.3 is 14.7 Å². The number of morpholine rings is 1. The van der Waals surface area contributed by atoms with E-state index in [1.54, 1.807) is 47.2 Å². The Morgan fingerprint density at radius 1 is 1.25 bits per heavy atom. The molecule has 0 bridgehead atoms. The van der Waals surface area contributed by atoms with Gasteiger partial charge >= 0.3 is 5.97 Å². The van der Waals surface area contributed by atoms with Crippen molar-refractivity contribution in [2.24, 2.45) is 0 Å². The molecule has 3 aromatic rings. The Bertz CT molecular complexity index is 995. The zero-order valence-corrected chi connectivity index (χ0v) is 16.1. The third-order valence-corrected chi connectivity index (χ3v) is 5.57. The third-order valence-electron chi connectivity index (χ3n) is 4.87. The summed E-state index contributed by atoms with van der Waals surface area (Å²) in [7, 11) is 0. The maximum Gasteiger partial charge on any atom is 0.339 e. The lowest BCUT2D eigenvalue weighted by Gasteiger charge is -2.32. The van der Waals surface area contributed by atoms with Crippen molar-refractivity contribution in [3.63, 3.8) is 0 Å². The Hall–Kier alpha value is -2.97. The molecule has 7 nitrogen and oxygen atoms in total. The molecule has 28 heavy (non-hydrogen) atoms. The minimum absolute atomic E-state index is 0.0431. The van der Waals surface area contributed by atoms with Crippen LogP contribution in [0.3, 0.4) is 0 Å². The van der Waals surface area contributed by atoms with Crippen LogP contribution in [0.1, 0.15) is 38.1 Å². The topological polar surface area (TPSA) is 84.7 Å². The minimum atomic E-state index is -1.01. The summed E-state index contributed by atoms with van der Waals surface area (Å²) in [5.41, 5.74) is 3.09. The van der Waals surface area contributed by atoms with E-state index in [2.05, 4.69) is 5.10 Å². The van der Waals surface area contributed by atoms with Crippen molar-refractivity contribution in [2.45, 2.75) is 13.0 Å². The number of aromatic nitrogens is 2. The van der Waals surface area contributed by atoms with E-state index in [4.69, 9.17) is 9.84 Å². The molecule has 0 aliphatic carbocycles. The average molecular weight is 397 g/mol. The molecule has 1 N–H and O–H groups in total. The third kappa shape index (κ3) is 3.44. The lowest BCUT2D eigenvalue weighted by atomic mass is 10.1. The number of carboxylic acid groups (broad SMARTS) is 1. The van der Waals surface area contributed by atoms with Crippen molar-refractivity contribution in [3.05, 3.63) is 69.7 Å². The first-order chi connectivity index (χ1) is 13.5. The van der Waals surface area contributed by atoms with Crippen molar-refractivity contribution in [1.29, 1.82) is 0 Å². The summed E-state index contributed by atoms with van der Waals surface area (Å²) in [4.78, 5) is 25.9. The van der Waals surface area contributed by atoms with Crippen LogP contribution in [0.15, 0.2) is 47.3 Å². The maximum absolute atomic E-state index is 12.9.